The number of aromatic carboxylic acids is 1. The molecule has 0 aliphatic rings. The van der Waals surface area contributed by atoms with Gasteiger partial charge in [0.1, 0.15) is 5.82 Å². The number of nitrogen functional groups attached to an aromatic ring is 1. The van der Waals surface area contributed by atoms with Gasteiger partial charge in [-0.05, 0) is 11.4 Å². The lowest BCUT2D eigenvalue weighted by atomic mass is 10.2. The lowest BCUT2D eigenvalue weighted by Gasteiger charge is -1.98. The molecule has 2 heterocycles. The van der Waals surface area contributed by atoms with Crippen LogP contribution >= 0.6 is 11.3 Å². The number of hydrogen-bond donors (Lipinski definition) is 2. The fourth-order valence-electron chi connectivity index (χ4n) is 1.13. The van der Waals surface area contributed by atoms with Gasteiger partial charge in [0.15, 0.2) is 0 Å². The molecule has 0 saturated heterocycles. The molecule has 0 aromatic carbocycles. The van der Waals surface area contributed by atoms with Crippen LogP contribution in [0.15, 0.2) is 17.6 Å². The predicted octanol–water partition coefficient (Wildman–Crippen LogP) is 1.58. The van der Waals surface area contributed by atoms with Crippen molar-refractivity contribution in [3.8, 4) is 0 Å². The van der Waals surface area contributed by atoms with Crippen LogP contribution in [0.25, 0.3) is 10.1 Å². The summed E-state index contributed by atoms with van der Waals surface area (Å²) < 4.78 is 0.681. The van der Waals surface area contributed by atoms with Gasteiger partial charge in [0.25, 0.3) is 0 Å². The summed E-state index contributed by atoms with van der Waals surface area (Å²) in [7, 11) is 0. The minimum atomic E-state index is -0.972. The highest BCUT2D eigenvalue weighted by Crippen LogP contribution is 2.27. The number of carboxylic acids is 1. The second-order valence-corrected chi connectivity index (χ2v) is 3.44. The summed E-state index contributed by atoms with van der Waals surface area (Å²) in [4.78, 5) is 14.6. The number of carboxylic acid groups (broad SMARTS) is 1. The van der Waals surface area contributed by atoms with E-state index in [0.717, 1.165) is 0 Å². The highest BCUT2D eigenvalue weighted by Gasteiger charge is 2.11. The van der Waals surface area contributed by atoms with Crippen LogP contribution in [0.5, 0.6) is 0 Å². The maximum atomic E-state index is 10.8. The normalized spacial score (nSPS) is 10.5. The summed E-state index contributed by atoms with van der Waals surface area (Å²) >= 11 is 1.36. The molecular formula is C8H6N2O2S. The monoisotopic (exact) mass is 194 g/mol. The number of fused-ring (bicyclic) bond motifs is 1. The molecule has 5 heteroatoms. The van der Waals surface area contributed by atoms with Crippen LogP contribution in [0, 0.1) is 0 Å². The average Bonchev–Trinajstić information content (AvgIpc) is 2.53. The first-order valence-corrected chi connectivity index (χ1v) is 4.43. The van der Waals surface area contributed by atoms with E-state index in [2.05, 4.69) is 4.98 Å². The maximum absolute atomic E-state index is 10.8. The van der Waals surface area contributed by atoms with Crippen molar-refractivity contribution in [2.45, 2.75) is 0 Å². The van der Waals surface area contributed by atoms with Gasteiger partial charge in [-0.3, -0.25) is 0 Å². The second kappa shape index (κ2) is 2.70. The molecule has 13 heavy (non-hydrogen) atoms. The van der Waals surface area contributed by atoms with Gasteiger partial charge in [-0.2, -0.15) is 0 Å². The number of thiophene rings is 1. The zero-order valence-electron chi connectivity index (χ0n) is 6.52. The summed E-state index contributed by atoms with van der Waals surface area (Å²) in [5, 5.41) is 11.3. The Morgan fingerprint density at radius 1 is 1.62 bits per heavy atom. The van der Waals surface area contributed by atoms with Gasteiger partial charge < -0.3 is 10.8 Å². The summed E-state index contributed by atoms with van der Waals surface area (Å²) in [6.07, 6.45) is 1.29. The average molecular weight is 194 g/mol. The molecule has 2 rings (SSSR count). The van der Waals surface area contributed by atoms with E-state index in [1.165, 1.54) is 17.5 Å². The van der Waals surface area contributed by atoms with E-state index in [1.807, 2.05) is 0 Å². The first-order valence-electron chi connectivity index (χ1n) is 3.55. The summed E-state index contributed by atoms with van der Waals surface area (Å²) in [5.41, 5.74) is 5.78. The molecule has 2 aromatic rings. The summed E-state index contributed by atoms with van der Waals surface area (Å²) in [6, 6.07) is 1.77. The van der Waals surface area contributed by atoms with Crippen molar-refractivity contribution in [1.82, 2.24) is 4.98 Å². The number of aromatic nitrogens is 1. The molecule has 0 aliphatic carbocycles. The fraction of sp³-hybridized carbons (Fsp3) is 0. The van der Waals surface area contributed by atoms with Gasteiger partial charge in [-0.1, -0.05) is 0 Å². The standard InChI is InChI=1S/C8H6N2O2S/c9-7-4-1-2-13-6(4)5(3-10-7)8(11)12/h1-3H,(H2,9,10)(H,11,12). The lowest BCUT2D eigenvalue weighted by Crippen LogP contribution is -1.99. The van der Waals surface area contributed by atoms with E-state index in [1.54, 1.807) is 11.4 Å². The number of nitrogens with zero attached hydrogens (tertiary/aromatic N) is 1. The van der Waals surface area contributed by atoms with Crippen molar-refractivity contribution in [1.29, 1.82) is 0 Å². The smallest absolute Gasteiger partial charge is 0.338 e. The Hall–Kier alpha value is -1.62. The minimum absolute atomic E-state index is 0.208. The number of carbonyl (C=O) groups is 1. The SMILES string of the molecule is Nc1ncc(C(=O)O)c2sccc12. The Labute approximate surface area is 77.6 Å². The lowest BCUT2D eigenvalue weighted by molar-refractivity contribution is 0.0699. The number of pyridine rings is 1. The first-order chi connectivity index (χ1) is 6.20. The Morgan fingerprint density at radius 2 is 2.38 bits per heavy atom. The highest BCUT2D eigenvalue weighted by molar-refractivity contribution is 7.17. The maximum Gasteiger partial charge on any atom is 0.338 e. The molecule has 0 radical (unpaired) electrons. The minimum Gasteiger partial charge on any atom is -0.478 e. The highest BCUT2D eigenvalue weighted by atomic mass is 32.1. The first kappa shape index (κ1) is 8.00. The molecule has 3 N–H and O–H groups in total. The van der Waals surface area contributed by atoms with Crippen LogP contribution in [0.3, 0.4) is 0 Å². The molecule has 66 valence electrons. The molecule has 2 aromatic heterocycles. The quantitative estimate of drug-likeness (QED) is 0.722. The molecular weight excluding hydrogens is 188 g/mol. The van der Waals surface area contributed by atoms with E-state index in [9.17, 15) is 4.79 Å². The van der Waals surface area contributed by atoms with Crippen molar-refractivity contribution in [3.63, 3.8) is 0 Å². The van der Waals surface area contributed by atoms with Crippen LogP contribution in [0.2, 0.25) is 0 Å². The van der Waals surface area contributed by atoms with E-state index < -0.39 is 5.97 Å². The topological polar surface area (TPSA) is 76.2 Å². The van der Waals surface area contributed by atoms with Gasteiger partial charge in [0, 0.05) is 11.6 Å². The Morgan fingerprint density at radius 3 is 3.08 bits per heavy atom. The summed E-state index contributed by atoms with van der Waals surface area (Å²) in [5.74, 6) is -0.596. The van der Waals surface area contributed by atoms with Crippen LogP contribution < -0.4 is 5.73 Å². The molecule has 0 aliphatic heterocycles. The van der Waals surface area contributed by atoms with Crippen LogP contribution in [-0.4, -0.2) is 16.1 Å². The zero-order valence-corrected chi connectivity index (χ0v) is 7.34. The molecule has 0 amide bonds. The number of anilines is 1. The van der Waals surface area contributed by atoms with Gasteiger partial charge in [-0.25, -0.2) is 9.78 Å². The zero-order chi connectivity index (χ0) is 9.42. The van der Waals surface area contributed by atoms with Crippen molar-refractivity contribution < 1.29 is 9.90 Å². The van der Waals surface area contributed by atoms with Crippen molar-refractivity contribution in [2.24, 2.45) is 0 Å². The number of hydrogen-bond acceptors (Lipinski definition) is 4. The van der Waals surface area contributed by atoms with E-state index in [0.29, 0.717) is 15.9 Å². The Kier molecular flexibility index (Phi) is 1.66. The van der Waals surface area contributed by atoms with E-state index in [-0.39, 0.29) is 5.56 Å². The van der Waals surface area contributed by atoms with Gasteiger partial charge in [0.2, 0.25) is 0 Å². The largest absolute Gasteiger partial charge is 0.478 e. The Bertz CT molecular complexity index is 478. The molecule has 0 unspecified atom stereocenters. The van der Waals surface area contributed by atoms with Crippen molar-refractivity contribution in [2.75, 3.05) is 5.73 Å². The molecule has 0 spiro atoms. The molecule has 0 fully saturated rings. The third-order valence-corrected chi connectivity index (χ3v) is 2.70. The van der Waals surface area contributed by atoms with Crippen molar-refractivity contribution in [3.05, 3.63) is 23.2 Å². The third-order valence-electron chi connectivity index (χ3n) is 1.75. The molecule has 0 saturated carbocycles. The fourth-order valence-corrected chi connectivity index (χ4v) is 2.04. The third kappa shape index (κ3) is 1.13. The van der Waals surface area contributed by atoms with Gasteiger partial charge >= 0.3 is 5.97 Å². The van der Waals surface area contributed by atoms with E-state index >= 15 is 0 Å². The molecule has 0 bridgehead atoms. The van der Waals surface area contributed by atoms with Gasteiger partial charge in [-0.15, -0.1) is 11.3 Å². The Balaban J connectivity index is 2.86. The van der Waals surface area contributed by atoms with E-state index in [4.69, 9.17) is 10.8 Å². The van der Waals surface area contributed by atoms with Crippen molar-refractivity contribution >= 4 is 33.2 Å². The summed E-state index contributed by atoms with van der Waals surface area (Å²) in [6.45, 7) is 0. The molecule has 0 atom stereocenters. The van der Waals surface area contributed by atoms with Crippen LogP contribution in [0.4, 0.5) is 5.82 Å². The predicted molar refractivity (Wildman–Crippen MR) is 51.0 cm³/mol. The number of nitrogens with two attached hydrogens (primary N) is 1. The molecule has 4 nitrogen and oxygen atoms in total. The number of rotatable bonds is 1. The van der Waals surface area contributed by atoms with Crippen LogP contribution in [0.1, 0.15) is 10.4 Å². The van der Waals surface area contributed by atoms with Gasteiger partial charge in [0.05, 0.1) is 10.3 Å². The van der Waals surface area contributed by atoms with Crippen LogP contribution in [-0.2, 0) is 0 Å². The second-order valence-electron chi connectivity index (χ2n) is 2.53.